The molecule has 1 aliphatic rings. The zero-order chi connectivity index (χ0) is 14.0. The van der Waals surface area contributed by atoms with Gasteiger partial charge in [0.15, 0.2) is 0 Å². The molecule has 19 heavy (non-hydrogen) atoms. The molecule has 2 atom stereocenters. The van der Waals surface area contributed by atoms with Gasteiger partial charge in [-0.1, -0.05) is 29.3 Å². The lowest BCUT2D eigenvalue weighted by atomic mass is 9.93. The molecule has 1 heterocycles. The lowest BCUT2D eigenvalue weighted by Crippen LogP contribution is -2.37. The van der Waals surface area contributed by atoms with Crippen molar-refractivity contribution < 1.29 is 13.2 Å². The summed E-state index contributed by atoms with van der Waals surface area (Å²) in [6, 6.07) is 5.22. The Bertz CT molecular complexity index is 539. The van der Waals surface area contributed by atoms with Crippen LogP contribution in [0.15, 0.2) is 18.2 Å². The maximum absolute atomic E-state index is 11.6. The van der Waals surface area contributed by atoms with Gasteiger partial charge in [-0.3, -0.25) is 0 Å². The second-order valence-electron chi connectivity index (χ2n) is 4.54. The van der Waals surface area contributed by atoms with E-state index in [0.29, 0.717) is 36.1 Å². The van der Waals surface area contributed by atoms with Crippen molar-refractivity contribution in [3.8, 4) is 0 Å². The van der Waals surface area contributed by atoms with Crippen molar-refractivity contribution >= 4 is 42.9 Å². The van der Waals surface area contributed by atoms with Crippen LogP contribution in [0.2, 0.25) is 10.0 Å². The van der Waals surface area contributed by atoms with Crippen molar-refractivity contribution in [2.75, 3.05) is 13.2 Å². The van der Waals surface area contributed by atoms with Crippen molar-refractivity contribution in [1.82, 2.24) is 0 Å². The van der Waals surface area contributed by atoms with Crippen molar-refractivity contribution in [1.29, 1.82) is 0 Å². The van der Waals surface area contributed by atoms with Gasteiger partial charge in [0.2, 0.25) is 9.05 Å². The van der Waals surface area contributed by atoms with E-state index in [9.17, 15) is 8.42 Å². The molecule has 1 fully saturated rings. The number of hydrogen-bond acceptors (Lipinski definition) is 3. The van der Waals surface area contributed by atoms with E-state index in [0.717, 1.165) is 5.56 Å². The quantitative estimate of drug-likeness (QED) is 0.789. The van der Waals surface area contributed by atoms with E-state index >= 15 is 0 Å². The average molecular weight is 344 g/mol. The zero-order valence-corrected chi connectivity index (χ0v) is 13.1. The molecule has 1 aromatic carbocycles. The third-order valence-corrected chi connectivity index (χ3v) is 6.03. The Labute approximate surface area is 127 Å². The summed E-state index contributed by atoms with van der Waals surface area (Å²) in [4.78, 5) is 0. The highest BCUT2D eigenvalue weighted by atomic mass is 35.7. The van der Waals surface area contributed by atoms with E-state index in [1.807, 2.05) is 0 Å². The molecule has 0 aromatic heterocycles. The molecule has 7 heteroatoms. The first kappa shape index (κ1) is 15.4. The van der Waals surface area contributed by atoms with Gasteiger partial charge in [-0.25, -0.2) is 8.42 Å². The second-order valence-corrected chi connectivity index (χ2v) is 8.20. The van der Waals surface area contributed by atoms with Gasteiger partial charge in [0, 0.05) is 33.3 Å². The number of hydrogen-bond donors (Lipinski definition) is 0. The van der Waals surface area contributed by atoms with Crippen molar-refractivity contribution in [2.24, 2.45) is 5.92 Å². The van der Waals surface area contributed by atoms with Crippen LogP contribution in [-0.2, 0) is 20.2 Å². The Morgan fingerprint density at radius 2 is 1.89 bits per heavy atom. The molecule has 0 bridgehead atoms. The van der Waals surface area contributed by atoms with E-state index in [4.69, 9.17) is 38.6 Å². The smallest absolute Gasteiger partial charge is 0.235 e. The highest BCUT2D eigenvalue weighted by Gasteiger charge is 2.35. The number of rotatable bonds is 3. The monoisotopic (exact) mass is 342 g/mol. The van der Waals surface area contributed by atoms with Crippen molar-refractivity contribution in [3.05, 3.63) is 33.8 Å². The predicted molar refractivity (Wildman–Crippen MR) is 77.7 cm³/mol. The molecule has 0 amide bonds. The van der Waals surface area contributed by atoms with Gasteiger partial charge >= 0.3 is 0 Å². The van der Waals surface area contributed by atoms with Crippen LogP contribution in [0.1, 0.15) is 12.0 Å². The van der Waals surface area contributed by atoms with Gasteiger partial charge < -0.3 is 4.74 Å². The standard InChI is InChI=1S/C12H13Cl3O3S/c13-10-2-1-3-11(14)9(10)6-8-7-18-5-4-12(8)19(15,16)17/h1-3,8,12H,4-7H2/t8-,12+/m1/s1. The fourth-order valence-corrected chi connectivity index (χ4v) is 4.60. The molecule has 3 nitrogen and oxygen atoms in total. The Morgan fingerprint density at radius 1 is 1.26 bits per heavy atom. The molecule has 0 radical (unpaired) electrons. The van der Waals surface area contributed by atoms with Crippen LogP contribution in [-0.4, -0.2) is 26.9 Å². The number of halogens is 3. The Morgan fingerprint density at radius 3 is 2.47 bits per heavy atom. The predicted octanol–water partition coefficient (Wildman–Crippen LogP) is 3.51. The summed E-state index contributed by atoms with van der Waals surface area (Å²) in [7, 11) is 1.89. The zero-order valence-electron chi connectivity index (χ0n) is 9.98. The van der Waals surface area contributed by atoms with Crippen LogP contribution in [0.3, 0.4) is 0 Å². The van der Waals surface area contributed by atoms with Gasteiger partial charge in [0.05, 0.1) is 11.9 Å². The first-order chi connectivity index (χ1) is 8.89. The van der Waals surface area contributed by atoms with E-state index in [1.54, 1.807) is 18.2 Å². The molecule has 1 aliphatic heterocycles. The molecule has 0 aliphatic carbocycles. The topological polar surface area (TPSA) is 43.4 Å². The highest BCUT2D eigenvalue weighted by Crippen LogP contribution is 2.32. The minimum atomic E-state index is -3.61. The molecule has 1 aromatic rings. The van der Waals surface area contributed by atoms with Gasteiger partial charge in [0.1, 0.15) is 0 Å². The van der Waals surface area contributed by atoms with Gasteiger partial charge in [-0.15, -0.1) is 0 Å². The van der Waals surface area contributed by atoms with E-state index in [-0.39, 0.29) is 5.92 Å². The maximum atomic E-state index is 11.6. The first-order valence-electron chi connectivity index (χ1n) is 5.83. The summed E-state index contributed by atoms with van der Waals surface area (Å²) in [6.07, 6.45) is 0.841. The largest absolute Gasteiger partial charge is 0.381 e. The summed E-state index contributed by atoms with van der Waals surface area (Å²) < 4.78 is 28.6. The normalized spacial score (nSPS) is 24.4. The molecule has 0 saturated carbocycles. The lowest BCUT2D eigenvalue weighted by Gasteiger charge is -2.29. The SMILES string of the molecule is O=S(=O)(Cl)[C@H]1CCOC[C@H]1Cc1c(Cl)cccc1Cl. The molecule has 106 valence electrons. The molecule has 0 unspecified atom stereocenters. The molecule has 2 rings (SSSR count). The van der Waals surface area contributed by atoms with Crippen LogP contribution >= 0.6 is 33.9 Å². The fourth-order valence-electron chi connectivity index (χ4n) is 2.33. The summed E-state index contributed by atoms with van der Waals surface area (Å²) in [5.41, 5.74) is 0.742. The number of ether oxygens (including phenoxy) is 1. The fraction of sp³-hybridized carbons (Fsp3) is 0.500. The third-order valence-electron chi connectivity index (χ3n) is 3.29. The van der Waals surface area contributed by atoms with Crippen molar-refractivity contribution in [3.63, 3.8) is 0 Å². The summed E-state index contributed by atoms with van der Waals surface area (Å²) in [5.74, 6) is -0.228. The Hall–Kier alpha value is -0.000000000000000167. The van der Waals surface area contributed by atoms with Gasteiger partial charge in [-0.2, -0.15) is 0 Å². The third kappa shape index (κ3) is 3.76. The van der Waals surface area contributed by atoms with Crippen LogP contribution in [0.25, 0.3) is 0 Å². The second kappa shape index (κ2) is 6.19. The van der Waals surface area contributed by atoms with Crippen LogP contribution < -0.4 is 0 Å². The van der Waals surface area contributed by atoms with Crippen molar-refractivity contribution in [2.45, 2.75) is 18.1 Å². The van der Waals surface area contributed by atoms with Crippen LogP contribution in [0, 0.1) is 5.92 Å². The number of benzene rings is 1. The molecule has 0 N–H and O–H groups in total. The minimum absolute atomic E-state index is 0.228. The average Bonchev–Trinajstić information content (AvgIpc) is 2.33. The van der Waals surface area contributed by atoms with Gasteiger partial charge in [0.25, 0.3) is 0 Å². The van der Waals surface area contributed by atoms with E-state index in [2.05, 4.69) is 0 Å². The van der Waals surface area contributed by atoms with E-state index < -0.39 is 14.3 Å². The molecule has 0 spiro atoms. The minimum Gasteiger partial charge on any atom is -0.381 e. The highest BCUT2D eigenvalue weighted by molar-refractivity contribution is 8.14. The summed E-state index contributed by atoms with van der Waals surface area (Å²) >= 11 is 12.2. The van der Waals surface area contributed by atoms with Crippen LogP contribution in [0.5, 0.6) is 0 Å². The Balaban J connectivity index is 2.25. The van der Waals surface area contributed by atoms with Gasteiger partial charge in [-0.05, 0) is 30.5 Å². The van der Waals surface area contributed by atoms with E-state index in [1.165, 1.54) is 0 Å². The first-order valence-corrected chi connectivity index (χ1v) is 8.96. The summed E-state index contributed by atoms with van der Waals surface area (Å²) in [6.45, 7) is 0.752. The van der Waals surface area contributed by atoms with Crippen LogP contribution in [0.4, 0.5) is 0 Å². The summed E-state index contributed by atoms with van der Waals surface area (Å²) in [5, 5.41) is 0.447. The maximum Gasteiger partial charge on any atom is 0.235 e. The Kier molecular flexibility index (Phi) is 5.01. The molecule has 1 saturated heterocycles. The molecular formula is C12H13Cl3O3S. The molecular weight excluding hydrogens is 331 g/mol. The lowest BCUT2D eigenvalue weighted by molar-refractivity contribution is 0.0577.